The molecule has 0 aliphatic carbocycles. The number of carbonyl (C=O) groups is 3. The molecule has 148 valence electrons. The molecule has 0 saturated carbocycles. The van der Waals surface area contributed by atoms with E-state index in [4.69, 9.17) is 9.47 Å². The van der Waals surface area contributed by atoms with Gasteiger partial charge in [0.2, 0.25) is 0 Å². The normalized spacial score (nSPS) is 10.1. The summed E-state index contributed by atoms with van der Waals surface area (Å²) in [4.78, 5) is 35.7. The van der Waals surface area contributed by atoms with E-state index in [0.29, 0.717) is 18.0 Å². The molecule has 0 aliphatic heterocycles. The van der Waals surface area contributed by atoms with E-state index in [0.717, 1.165) is 17.5 Å². The van der Waals surface area contributed by atoms with E-state index in [-0.39, 0.29) is 5.56 Å². The number of urea groups is 1. The molecule has 2 N–H and O–H groups in total. The van der Waals surface area contributed by atoms with Crippen molar-refractivity contribution in [3.05, 3.63) is 59.2 Å². The Balaban J connectivity index is 1.79. The second kappa shape index (κ2) is 10.1. The molecule has 7 heteroatoms. The highest BCUT2D eigenvalue weighted by Gasteiger charge is 2.13. The van der Waals surface area contributed by atoms with Crippen LogP contribution in [0.3, 0.4) is 0 Å². The van der Waals surface area contributed by atoms with Crippen LogP contribution in [0.15, 0.2) is 42.5 Å². The van der Waals surface area contributed by atoms with Crippen molar-refractivity contribution in [1.82, 2.24) is 5.32 Å². The quantitative estimate of drug-likeness (QED) is 0.712. The first-order chi connectivity index (χ1) is 13.4. The number of imide groups is 1. The summed E-state index contributed by atoms with van der Waals surface area (Å²) >= 11 is 0. The van der Waals surface area contributed by atoms with Crippen molar-refractivity contribution >= 4 is 23.6 Å². The van der Waals surface area contributed by atoms with Gasteiger partial charge in [-0.25, -0.2) is 9.59 Å². The van der Waals surface area contributed by atoms with Gasteiger partial charge in [0.25, 0.3) is 5.91 Å². The summed E-state index contributed by atoms with van der Waals surface area (Å²) in [6.07, 6.45) is 0.885. The van der Waals surface area contributed by atoms with Crippen LogP contribution in [0.4, 0.5) is 10.5 Å². The minimum Gasteiger partial charge on any atom is -0.494 e. The van der Waals surface area contributed by atoms with Crippen molar-refractivity contribution in [3.8, 4) is 5.75 Å². The lowest BCUT2D eigenvalue weighted by atomic mass is 10.1. The molecule has 0 fully saturated rings. The van der Waals surface area contributed by atoms with Crippen LogP contribution >= 0.6 is 0 Å². The van der Waals surface area contributed by atoms with Crippen molar-refractivity contribution in [3.63, 3.8) is 0 Å². The van der Waals surface area contributed by atoms with Crippen LogP contribution in [-0.4, -0.2) is 31.1 Å². The highest BCUT2D eigenvalue weighted by atomic mass is 16.5. The Bertz CT molecular complexity index is 846. The molecule has 3 amide bonds. The summed E-state index contributed by atoms with van der Waals surface area (Å²) in [6, 6.07) is 11.2. The fourth-order valence-electron chi connectivity index (χ4n) is 2.39. The number of ether oxygens (including phenoxy) is 2. The van der Waals surface area contributed by atoms with Gasteiger partial charge < -0.3 is 14.8 Å². The van der Waals surface area contributed by atoms with Crippen molar-refractivity contribution < 1.29 is 23.9 Å². The first kappa shape index (κ1) is 21.0. The molecule has 0 spiro atoms. The predicted molar refractivity (Wildman–Crippen MR) is 106 cm³/mol. The standard InChI is InChI=1S/C21H24N2O5/c1-4-11-27-17-8-6-16(7-9-17)20(25)28-13-19(24)23-21(26)22-18-10-5-14(2)12-15(18)3/h5-10,12H,4,11,13H2,1-3H3,(H2,22,23,24,26). The summed E-state index contributed by atoms with van der Waals surface area (Å²) in [7, 11) is 0. The Morgan fingerprint density at radius 1 is 1.00 bits per heavy atom. The molecule has 2 aromatic carbocycles. The number of aryl methyl sites for hydroxylation is 2. The van der Waals surface area contributed by atoms with Gasteiger partial charge >= 0.3 is 12.0 Å². The van der Waals surface area contributed by atoms with Crippen molar-refractivity contribution in [2.24, 2.45) is 0 Å². The van der Waals surface area contributed by atoms with E-state index in [9.17, 15) is 14.4 Å². The zero-order valence-corrected chi connectivity index (χ0v) is 16.2. The maximum absolute atomic E-state index is 12.0. The third-order valence-electron chi connectivity index (χ3n) is 3.78. The minimum absolute atomic E-state index is 0.288. The summed E-state index contributed by atoms with van der Waals surface area (Å²) in [5.74, 6) is -0.732. The number of hydrogen-bond acceptors (Lipinski definition) is 5. The van der Waals surface area contributed by atoms with Gasteiger partial charge in [0.1, 0.15) is 5.75 Å². The smallest absolute Gasteiger partial charge is 0.338 e. The number of hydrogen-bond donors (Lipinski definition) is 2. The molecular weight excluding hydrogens is 360 g/mol. The van der Waals surface area contributed by atoms with Crippen LogP contribution in [0.1, 0.15) is 34.8 Å². The second-order valence-corrected chi connectivity index (χ2v) is 6.27. The van der Waals surface area contributed by atoms with Crippen molar-refractivity contribution in [1.29, 1.82) is 0 Å². The zero-order chi connectivity index (χ0) is 20.5. The summed E-state index contributed by atoms with van der Waals surface area (Å²) < 4.78 is 10.4. The average molecular weight is 384 g/mol. The SMILES string of the molecule is CCCOc1ccc(C(=O)OCC(=O)NC(=O)Nc2ccc(C)cc2C)cc1. The van der Waals surface area contributed by atoms with Crippen LogP contribution < -0.4 is 15.4 Å². The average Bonchev–Trinajstić information content (AvgIpc) is 2.67. The molecule has 28 heavy (non-hydrogen) atoms. The van der Waals surface area contributed by atoms with Crippen LogP contribution in [0, 0.1) is 13.8 Å². The van der Waals surface area contributed by atoms with E-state index >= 15 is 0 Å². The summed E-state index contributed by atoms with van der Waals surface area (Å²) in [6.45, 7) is 5.83. The van der Waals surface area contributed by atoms with E-state index in [1.807, 2.05) is 32.9 Å². The maximum atomic E-state index is 12.0. The van der Waals surface area contributed by atoms with Crippen molar-refractivity contribution in [2.45, 2.75) is 27.2 Å². The molecule has 0 heterocycles. The van der Waals surface area contributed by atoms with Gasteiger partial charge in [0.15, 0.2) is 6.61 Å². The molecule has 2 rings (SSSR count). The fourth-order valence-corrected chi connectivity index (χ4v) is 2.39. The highest BCUT2D eigenvalue weighted by molar-refractivity contribution is 6.02. The van der Waals surface area contributed by atoms with E-state index in [1.165, 1.54) is 0 Å². The topological polar surface area (TPSA) is 93.7 Å². The molecule has 0 aromatic heterocycles. The Morgan fingerprint density at radius 2 is 1.71 bits per heavy atom. The highest BCUT2D eigenvalue weighted by Crippen LogP contribution is 2.16. The van der Waals surface area contributed by atoms with E-state index < -0.39 is 24.5 Å². The number of nitrogens with one attached hydrogen (secondary N) is 2. The Kier molecular flexibility index (Phi) is 7.56. The molecule has 0 saturated heterocycles. The maximum Gasteiger partial charge on any atom is 0.338 e. The Labute approximate surface area is 164 Å². The lowest BCUT2D eigenvalue weighted by molar-refractivity contribution is -0.123. The minimum atomic E-state index is -0.724. The lowest BCUT2D eigenvalue weighted by Gasteiger charge is -2.10. The van der Waals surface area contributed by atoms with Crippen LogP contribution in [0.2, 0.25) is 0 Å². The second-order valence-electron chi connectivity index (χ2n) is 6.27. The monoisotopic (exact) mass is 384 g/mol. The molecule has 0 aliphatic rings. The van der Waals surface area contributed by atoms with E-state index in [1.54, 1.807) is 30.3 Å². The predicted octanol–water partition coefficient (Wildman–Crippen LogP) is 3.60. The van der Waals surface area contributed by atoms with Gasteiger partial charge in [-0.3, -0.25) is 10.1 Å². The Morgan fingerprint density at radius 3 is 2.36 bits per heavy atom. The number of esters is 1. The van der Waals surface area contributed by atoms with Crippen molar-refractivity contribution in [2.75, 3.05) is 18.5 Å². The lowest BCUT2D eigenvalue weighted by Crippen LogP contribution is -2.37. The summed E-state index contributed by atoms with van der Waals surface area (Å²) in [5, 5.41) is 4.71. The molecule has 0 radical (unpaired) electrons. The first-order valence-corrected chi connectivity index (χ1v) is 8.97. The van der Waals surface area contributed by atoms with Gasteiger partial charge in [0.05, 0.1) is 12.2 Å². The largest absolute Gasteiger partial charge is 0.494 e. The molecule has 7 nitrogen and oxygen atoms in total. The molecule has 2 aromatic rings. The molecule has 0 bridgehead atoms. The third-order valence-corrected chi connectivity index (χ3v) is 3.78. The molecule has 0 atom stereocenters. The van der Waals surface area contributed by atoms with Gasteiger partial charge in [-0.15, -0.1) is 0 Å². The molecular formula is C21H24N2O5. The van der Waals surface area contributed by atoms with E-state index in [2.05, 4.69) is 10.6 Å². The molecule has 0 unspecified atom stereocenters. The number of anilines is 1. The number of amides is 3. The van der Waals surface area contributed by atoms with Gasteiger partial charge in [-0.2, -0.15) is 0 Å². The fraction of sp³-hybridized carbons (Fsp3) is 0.286. The zero-order valence-electron chi connectivity index (χ0n) is 16.2. The number of carbonyl (C=O) groups excluding carboxylic acids is 3. The van der Waals surface area contributed by atoms with Gasteiger partial charge in [0, 0.05) is 5.69 Å². The van der Waals surface area contributed by atoms with Crippen LogP contribution in [0.25, 0.3) is 0 Å². The Hall–Kier alpha value is -3.35. The van der Waals surface area contributed by atoms with Crippen LogP contribution in [0.5, 0.6) is 5.75 Å². The number of benzene rings is 2. The van der Waals surface area contributed by atoms with Gasteiger partial charge in [-0.1, -0.05) is 24.6 Å². The van der Waals surface area contributed by atoms with Crippen LogP contribution in [-0.2, 0) is 9.53 Å². The third kappa shape index (κ3) is 6.42. The van der Waals surface area contributed by atoms with Gasteiger partial charge in [-0.05, 0) is 56.2 Å². The first-order valence-electron chi connectivity index (χ1n) is 8.97. The number of rotatable bonds is 7. The summed E-state index contributed by atoms with van der Waals surface area (Å²) in [5.41, 5.74) is 2.83.